The van der Waals surface area contributed by atoms with Gasteiger partial charge in [-0.2, -0.15) is 0 Å². The molecule has 1 unspecified atom stereocenters. The Kier molecular flexibility index (Phi) is 6.54. The van der Waals surface area contributed by atoms with Crippen LogP contribution in [-0.4, -0.2) is 67.1 Å². The Morgan fingerprint density at radius 2 is 1.94 bits per heavy atom. The minimum atomic E-state index is -0.598. The van der Waals surface area contributed by atoms with Crippen LogP contribution in [-0.2, 0) is 9.53 Å². The van der Waals surface area contributed by atoms with Gasteiger partial charge in [0.15, 0.2) is 11.6 Å². The number of aromatic nitrogens is 1. The second-order valence-corrected chi connectivity index (χ2v) is 8.92. The van der Waals surface area contributed by atoms with Crippen molar-refractivity contribution < 1.29 is 18.7 Å². The average Bonchev–Trinajstić information content (AvgIpc) is 3.12. The lowest BCUT2D eigenvalue weighted by Crippen LogP contribution is -2.39. The summed E-state index contributed by atoms with van der Waals surface area (Å²) in [7, 11) is 0. The van der Waals surface area contributed by atoms with E-state index >= 15 is 4.39 Å². The summed E-state index contributed by atoms with van der Waals surface area (Å²) < 4.78 is 20.6. The molecule has 3 aliphatic heterocycles. The van der Waals surface area contributed by atoms with Gasteiger partial charge in [-0.1, -0.05) is 6.58 Å². The number of halogens is 1. The SMILES string of the molecule is C=CC(=O)N1CCCCC(Nc2nc(Nc3ccc(N4CCOCC4)cc3)c3c(c2F)NC3=O)C1. The summed E-state index contributed by atoms with van der Waals surface area (Å²) in [5.74, 6) is -0.769. The predicted molar refractivity (Wildman–Crippen MR) is 133 cm³/mol. The van der Waals surface area contributed by atoms with E-state index in [0.29, 0.717) is 32.1 Å². The molecule has 0 bridgehead atoms. The van der Waals surface area contributed by atoms with Crippen LogP contribution in [0.15, 0.2) is 36.9 Å². The Morgan fingerprint density at radius 3 is 2.66 bits per heavy atom. The van der Waals surface area contributed by atoms with Crippen LogP contribution in [0.4, 0.5) is 33.1 Å². The second kappa shape index (κ2) is 9.91. The van der Waals surface area contributed by atoms with Crippen LogP contribution in [0.1, 0.15) is 29.6 Å². The van der Waals surface area contributed by atoms with Crippen LogP contribution in [0.25, 0.3) is 0 Å². The Hall–Kier alpha value is -3.66. The fourth-order valence-electron chi connectivity index (χ4n) is 4.70. The van der Waals surface area contributed by atoms with Crippen molar-refractivity contribution in [1.82, 2.24) is 9.88 Å². The number of nitrogens with zero attached hydrogens (tertiary/aromatic N) is 3. The molecule has 2 fully saturated rings. The highest BCUT2D eigenvalue weighted by atomic mass is 19.1. The highest BCUT2D eigenvalue weighted by molar-refractivity contribution is 6.21. The number of morpholine rings is 1. The fourth-order valence-corrected chi connectivity index (χ4v) is 4.70. The smallest absolute Gasteiger partial charge is 0.261 e. The number of carbonyl (C=O) groups excluding carboxylic acids is 2. The monoisotopic (exact) mass is 480 g/mol. The highest BCUT2D eigenvalue weighted by Crippen LogP contribution is 2.39. The first-order valence-electron chi connectivity index (χ1n) is 12.0. The summed E-state index contributed by atoms with van der Waals surface area (Å²) in [5.41, 5.74) is 2.17. The van der Waals surface area contributed by atoms with E-state index < -0.39 is 5.82 Å². The third kappa shape index (κ3) is 4.79. The Morgan fingerprint density at radius 1 is 1.17 bits per heavy atom. The van der Waals surface area contributed by atoms with E-state index in [1.807, 2.05) is 24.3 Å². The third-order valence-electron chi connectivity index (χ3n) is 6.61. The van der Waals surface area contributed by atoms with Gasteiger partial charge in [0.2, 0.25) is 5.91 Å². The van der Waals surface area contributed by atoms with Gasteiger partial charge in [0.25, 0.3) is 5.91 Å². The Bertz CT molecular complexity index is 1130. The number of amides is 2. The zero-order valence-corrected chi connectivity index (χ0v) is 19.5. The summed E-state index contributed by atoms with van der Waals surface area (Å²) in [4.78, 5) is 32.7. The normalized spacial score (nSPS) is 19.7. The molecule has 9 nitrogen and oxygen atoms in total. The van der Waals surface area contributed by atoms with E-state index in [9.17, 15) is 9.59 Å². The van der Waals surface area contributed by atoms with Gasteiger partial charge in [0.05, 0.1) is 18.9 Å². The third-order valence-corrected chi connectivity index (χ3v) is 6.61. The fraction of sp³-hybridized carbons (Fsp3) is 0.400. The standard InChI is InChI=1S/C25H29FN6O3/c1-2-19(33)32-10-4-3-5-17(15-32)28-24-21(26)22-20(25(34)29-22)23(30-24)27-16-6-8-18(9-7-16)31-11-13-35-14-12-31/h2,6-9,17H,1,3-5,10-15H2,(H,29,34)(H2,27,28,30). The molecule has 0 saturated carbocycles. The maximum absolute atomic E-state index is 15.2. The van der Waals surface area contributed by atoms with Gasteiger partial charge in [-0.25, -0.2) is 9.37 Å². The molecule has 0 aliphatic carbocycles. The number of pyridine rings is 1. The van der Waals surface area contributed by atoms with E-state index in [1.165, 1.54) is 6.08 Å². The number of carbonyl (C=O) groups is 2. The van der Waals surface area contributed by atoms with Crippen molar-refractivity contribution in [1.29, 1.82) is 0 Å². The Labute approximate surface area is 203 Å². The zero-order chi connectivity index (χ0) is 24.4. The minimum Gasteiger partial charge on any atom is -0.378 e. The molecule has 10 heteroatoms. The molecule has 0 radical (unpaired) electrons. The van der Waals surface area contributed by atoms with E-state index in [2.05, 4.69) is 32.4 Å². The maximum atomic E-state index is 15.2. The van der Waals surface area contributed by atoms with E-state index in [1.54, 1.807) is 4.90 Å². The average molecular weight is 481 g/mol. The van der Waals surface area contributed by atoms with E-state index in [4.69, 9.17) is 4.74 Å². The summed E-state index contributed by atoms with van der Waals surface area (Å²) in [6.07, 6.45) is 3.86. The van der Waals surface area contributed by atoms with Crippen molar-refractivity contribution in [2.24, 2.45) is 0 Å². The number of rotatable bonds is 6. The van der Waals surface area contributed by atoms with E-state index in [0.717, 1.165) is 43.7 Å². The van der Waals surface area contributed by atoms with Crippen LogP contribution in [0.5, 0.6) is 0 Å². The lowest BCUT2D eigenvalue weighted by atomic mass is 10.1. The number of likely N-dealkylation sites (tertiary alicyclic amines) is 1. The first-order chi connectivity index (χ1) is 17.0. The minimum absolute atomic E-state index is 0.0501. The van der Waals surface area contributed by atoms with Crippen molar-refractivity contribution in [3.63, 3.8) is 0 Å². The largest absolute Gasteiger partial charge is 0.378 e. The van der Waals surface area contributed by atoms with Crippen LogP contribution in [0, 0.1) is 5.82 Å². The number of fused-ring (bicyclic) bond motifs is 1. The first-order valence-corrected chi connectivity index (χ1v) is 12.0. The van der Waals surface area contributed by atoms with Crippen molar-refractivity contribution in [2.45, 2.75) is 25.3 Å². The zero-order valence-electron chi connectivity index (χ0n) is 19.5. The molecule has 2 saturated heterocycles. The topological polar surface area (TPSA) is 98.8 Å². The molecule has 35 heavy (non-hydrogen) atoms. The first kappa shape index (κ1) is 23.1. The molecule has 0 spiro atoms. The number of benzene rings is 1. The number of nitrogens with one attached hydrogen (secondary N) is 3. The summed E-state index contributed by atoms with van der Waals surface area (Å²) >= 11 is 0. The van der Waals surface area contributed by atoms with Crippen molar-refractivity contribution in [2.75, 3.05) is 60.2 Å². The quantitative estimate of drug-likeness (QED) is 0.546. The summed E-state index contributed by atoms with van der Waals surface area (Å²) in [6.45, 7) is 7.73. The maximum Gasteiger partial charge on any atom is 0.261 e. The van der Waals surface area contributed by atoms with Gasteiger partial charge >= 0.3 is 0 Å². The molecule has 4 heterocycles. The predicted octanol–water partition coefficient (Wildman–Crippen LogP) is 3.35. The molecule has 1 aromatic heterocycles. The molecule has 2 aromatic rings. The lowest BCUT2D eigenvalue weighted by Gasteiger charge is -2.29. The summed E-state index contributed by atoms with van der Waals surface area (Å²) in [6, 6.07) is 7.66. The molecule has 3 N–H and O–H groups in total. The van der Waals surface area contributed by atoms with Gasteiger partial charge in [0, 0.05) is 43.6 Å². The molecule has 1 aromatic carbocycles. The number of anilines is 5. The Balaban J connectivity index is 1.36. The number of ether oxygens (including phenoxy) is 1. The molecule has 1 atom stereocenters. The molecule has 5 rings (SSSR count). The summed E-state index contributed by atoms with van der Waals surface area (Å²) in [5, 5.41) is 8.88. The molecular formula is C25H29FN6O3. The van der Waals surface area contributed by atoms with Gasteiger partial charge in [-0.05, 0) is 49.6 Å². The van der Waals surface area contributed by atoms with Gasteiger partial charge in [0.1, 0.15) is 11.4 Å². The lowest BCUT2D eigenvalue weighted by molar-refractivity contribution is -0.126. The van der Waals surface area contributed by atoms with Crippen molar-refractivity contribution in [3.05, 3.63) is 48.3 Å². The number of hydrogen-bond donors (Lipinski definition) is 3. The number of hydrogen-bond acceptors (Lipinski definition) is 7. The van der Waals surface area contributed by atoms with Crippen LogP contribution in [0.3, 0.4) is 0 Å². The van der Waals surface area contributed by atoms with Crippen molar-refractivity contribution in [3.8, 4) is 0 Å². The van der Waals surface area contributed by atoms with E-state index in [-0.39, 0.29) is 34.9 Å². The van der Waals surface area contributed by atoms with Gasteiger partial charge in [-0.15, -0.1) is 0 Å². The molecule has 3 aliphatic rings. The van der Waals surface area contributed by atoms with Crippen LogP contribution in [0.2, 0.25) is 0 Å². The van der Waals surface area contributed by atoms with Crippen LogP contribution >= 0.6 is 0 Å². The molecular weight excluding hydrogens is 451 g/mol. The van der Waals surface area contributed by atoms with Crippen molar-refractivity contribution >= 4 is 40.5 Å². The molecule has 184 valence electrons. The molecule has 2 amide bonds. The highest BCUT2D eigenvalue weighted by Gasteiger charge is 2.34. The van der Waals surface area contributed by atoms with Crippen LogP contribution < -0.4 is 20.9 Å². The van der Waals surface area contributed by atoms with Gasteiger partial charge < -0.3 is 30.5 Å². The van der Waals surface area contributed by atoms with Gasteiger partial charge in [-0.3, -0.25) is 9.59 Å². The second-order valence-electron chi connectivity index (χ2n) is 8.92.